The lowest BCUT2D eigenvalue weighted by Crippen LogP contribution is -2.38. The average Bonchev–Trinajstić information content (AvgIpc) is 2.47. The molecule has 1 rings (SSSR count). The van der Waals surface area contributed by atoms with E-state index >= 15 is 0 Å². The fourth-order valence-electron chi connectivity index (χ4n) is 1.63. The molecule has 1 aromatic rings. The summed E-state index contributed by atoms with van der Waals surface area (Å²) in [5, 5.41) is 13.6. The molecule has 0 radical (unpaired) electrons. The van der Waals surface area contributed by atoms with Gasteiger partial charge in [-0.3, -0.25) is 14.4 Å². The maximum Gasteiger partial charge on any atom is 0.325 e. The number of rotatable bonds is 8. The summed E-state index contributed by atoms with van der Waals surface area (Å²) in [7, 11) is 0. The lowest BCUT2D eigenvalue weighted by Gasteiger charge is -2.09. The van der Waals surface area contributed by atoms with Gasteiger partial charge in [0.1, 0.15) is 11.8 Å². The van der Waals surface area contributed by atoms with Crippen LogP contribution in [0.25, 0.3) is 0 Å². The number of carboxylic acids is 1. The first-order valence-electron chi connectivity index (χ1n) is 6.97. The monoisotopic (exact) mass is 308 g/mol. The zero-order valence-corrected chi connectivity index (χ0v) is 12.6. The number of carbonyl (C=O) groups is 3. The second-order valence-electron chi connectivity index (χ2n) is 4.63. The quantitative estimate of drug-likeness (QED) is 0.673. The minimum Gasteiger partial charge on any atom is -0.494 e. The van der Waals surface area contributed by atoms with E-state index in [-0.39, 0.29) is 18.7 Å². The highest BCUT2D eigenvalue weighted by Crippen LogP contribution is 2.15. The van der Waals surface area contributed by atoms with Crippen molar-refractivity contribution in [2.75, 3.05) is 11.9 Å². The predicted molar refractivity (Wildman–Crippen MR) is 80.7 cm³/mol. The van der Waals surface area contributed by atoms with Gasteiger partial charge in [0.05, 0.1) is 6.61 Å². The Morgan fingerprint density at radius 3 is 2.27 bits per heavy atom. The Balaban J connectivity index is 2.36. The SMILES string of the molecule is CCOc1ccc(NC(=O)CCC(=O)NC(C)C(=O)O)cc1. The molecule has 0 aliphatic carbocycles. The Morgan fingerprint density at radius 1 is 1.14 bits per heavy atom. The Hall–Kier alpha value is -2.57. The van der Waals surface area contributed by atoms with Gasteiger partial charge in [-0.1, -0.05) is 0 Å². The first-order chi connectivity index (χ1) is 10.4. The van der Waals surface area contributed by atoms with E-state index in [0.29, 0.717) is 18.0 Å². The summed E-state index contributed by atoms with van der Waals surface area (Å²) in [5.41, 5.74) is 0.604. The van der Waals surface area contributed by atoms with Crippen LogP contribution in [-0.2, 0) is 14.4 Å². The zero-order chi connectivity index (χ0) is 16.5. The van der Waals surface area contributed by atoms with Gasteiger partial charge >= 0.3 is 5.97 Å². The first-order valence-corrected chi connectivity index (χ1v) is 6.97. The molecule has 0 aromatic heterocycles. The van der Waals surface area contributed by atoms with Crippen LogP contribution in [0, 0.1) is 0 Å². The zero-order valence-electron chi connectivity index (χ0n) is 12.6. The number of carboxylic acid groups (broad SMARTS) is 1. The van der Waals surface area contributed by atoms with Crippen LogP contribution >= 0.6 is 0 Å². The summed E-state index contributed by atoms with van der Waals surface area (Å²) >= 11 is 0. The summed E-state index contributed by atoms with van der Waals surface area (Å²) < 4.78 is 5.29. The number of aliphatic carboxylic acids is 1. The van der Waals surface area contributed by atoms with Crippen LogP contribution in [-0.4, -0.2) is 35.5 Å². The van der Waals surface area contributed by atoms with Gasteiger partial charge in [0.2, 0.25) is 11.8 Å². The maximum atomic E-state index is 11.7. The van der Waals surface area contributed by atoms with Crippen molar-refractivity contribution < 1.29 is 24.2 Å². The third kappa shape index (κ3) is 6.25. The second kappa shape index (κ2) is 8.66. The molecule has 7 heteroatoms. The van der Waals surface area contributed by atoms with Gasteiger partial charge in [0.15, 0.2) is 0 Å². The Labute approximate surface area is 128 Å². The second-order valence-corrected chi connectivity index (χ2v) is 4.63. The highest BCUT2D eigenvalue weighted by atomic mass is 16.5. The van der Waals surface area contributed by atoms with Crippen molar-refractivity contribution in [3.8, 4) is 5.75 Å². The Bertz CT molecular complexity index is 527. The summed E-state index contributed by atoms with van der Waals surface area (Å²) in [4.78, 5) is 33.8. The number of benzene rings is 1. The van der Waals surface area contributed by atoms with Crippen molar-refractivity contribution in [1.82, 2.24) is 5.32 Å². The molecule has 0 heterocycles. The molecule has 7 nitrogen and oxygen atoms in total. The van der Waals surface area contributed by atoms with Crippen molar-refractivity contribution >= 4 is 23.5 Å². The summed E-state index contributed by atoms with van der Waals surface area (Å²) in [6.45, 7) is 3.81. The van der Waals surface area contributed by atoms with E-state index in [1.165, 1.54) is 6.92 Å². The number of hydrogen-bond acceptors (Lipinski definition) is 4. The van der Waals surface area contributed by atoms with E-state index in [1.807, 2.05) is 6.92 Å². The van der Waals surface area contributed by atoms with Crippen LogP contribution in [0.5, 0.6) is 5.75 Å². The van der Waals surface area contributed by atoms with E-state index < -0.39 is 17.9 Å². The number of anilines is 1. The summed E-state index contributed by atoms with van der Waals surface area (Å²) in [5.74, 6) is -1.20. The minimum atomic E-state index is -1.12. The normalized spacial score (nSPS) is 11.4. The third-order valence-corrected chi connectivity index (χ3v) is 2.78. The molecular weight excluding hydrogens is 288 g/mol. The number of amides is 2. The van der Waals surface area contributed by atoms with Crippen LogP contribution in [0.3, 0.4) is 0 Å². The minimum absolute atomic E-state index is 0.0224. The highest BCUT2D eigenvalue weighted by molar-refractivity contribution is 5.93. The highest BCUT2D eigenvalue weighted by Gasteiger charge is 2.14. The molecule has 0 saturated carbocycles. The molecule has 22 heavy (non-hydrogen) atoms. The topological polar surface area (TPSA) is 105 Å². The summed E-state index contributed by atoms with van der Waals surface area (Å²) in [6.07, 6.45) is -0.0914. The van der Waals surface area contributed by atoms with Crippen LogP contribution in [0.1, 0.15) is 26.7 Å². The lowest BCUT2D eigenvalue weighted by atomic mass is 10.2. The van der Waals surface area contributed by atoms with Crippen molar-refractivity contribution in [1.29, 1.82) is 0 Å². The molecule has 0 saturated heterocycles. The number of carbonyl (C=O) groups excluding carboxylic acids is 2. The number of hydrogen-bond donors (Lipinski definition) is 3. The number of ether oxygens (including phenoxy) is 1. The molecule has 1 aromatic carbocycles. The van der Waals surface area contributed by atoms with Gasteiger partial charge in [0.25, 0.3) is 0 Å². The molecule has 0 bridgehead atoms. The van der Waals surface area contributed by atoms with Crippen molar-refractivity contribution in [3.05, 3.63) is 24.3 Å². The Kier molecular flexibility index (Phi) is 6.88. The molecule has 2 amide bonds. The van der Waals surface area contributed by atoms with Gasteiger partial charge in [0, 0.05) is 18.5 Å². The Morgan fingerprint density at radius 2 is 1.73 bits per heavy atom. The van der Waals surface area contributed by atoms with Gasteiger partial charge in [-0.25, -0.2) is 0 Å². The third-order valence-electron chi connectivity index (χ3n) is 2.78. The van der Waals surface area contributed by atoms with Crippen LogP contribution in [0.15, 0.2) is 24.3 Å². The first kappa shape index (κ1) is 17.5. The van der Waals surface area contributed by atoms with E-state index in [0.717, 1.165) is 0 Å². The molecule has 0 aliphatic heterocycles. The average molecular weight is 308 g/mol. The molecule has 0 fully saturated rings. The molecule has 3 N–H and O–H groups in total. The predicted octanol–water partition coefficient (Wildman–Crippen LogP) is 1.39. The van der Waals surface area contributed by atoms with E-state index in [1.54, 1.807) is 24.3 Å². The molecule has 120 valence electrons. The smallest absolute Gasteiger partial charge is 0.325 e. The van der Waals surface area contributed by atoms with Gasteiger partial charge < -0.3 is 20.5 Å². The van der Waals surface area contributed by atoms with Crippen molar-refractivity contribution in [3.63, 3.8) is 0 Å². The largest absolute Gasteiger partial charge is 0.494 e. The fourth-order valence-corrected chi connectivity index (χ4v) is 1.63. The molecule has 0 spiro atoms. The van der Waals surface area contributed by atoms with Crippen LogP contribution in [0.4, 0.5) is 5.69 Å². The maximum absolute atomic E-state index is 11.7. The summed E-state index contributed by atoms with van der Waals surface area (Å²) in [6, 6.07) is 5.91. The van der Waals surface area contributed by atoms with Crippen LogP contribution in [0.2, 0.25) is 0 Å². The van der Waals surface area contributed by atoms with Gasteiger partial charge in [-0.05, 0) is 38.1 Å². The fraction of sp³-hybridized carbons (Fsp3) is 0.400. The molecule has 1 unspecified atom stereocenters. The van der Waals surface area contributed by atoms with Crippen LogP contribution < -0.4 is 15.4 Å². The molecule has 0 aliphatic rings. The van der Waals surface area contributed by atoms with Crippen molar-refractivity contribution in [2.45, 2.75) is 32.7 Å². The van der Waals surface area contributed by atoms with Gasteiger partial charge in [-0.2, -0.15) is 0 Å². The van der Waals surface area contributed by atoms with E-state index in [2.05, 4.69) is 10.6 Å². The van der Waals surface area contributed by atoms with E-state index in [9.17, 15) is 14.4 Å². The van der Waals surface area contributed by atoms with E-state index in [4.69, 9.17) is 9.84 Å². The van der Waals surface area contributed by atoms with Gasteiger partial charge in [-0.15, -0.1) is 0 Å². The van der Waals surface area contributed by atoms with Crippen molar-refractivity contribution in [2.24, 2.45) is 0 Å². The molecular formula is C15H20N2O5. The lowest BCUT2D eigenvalue weighted by molar-refractivity contribution is -0.141. The molecule has 1 atom stereocenters. The standard InChI is InChI=1S/C15H20N2O5/c1-3-22-12-6-4-11(5-7-12)17-14(19)9-8-13(18)16-10(2)15(20)21/h4-7,10H,3,8-9H2,1-2H3,(H,16,18)(H,17,19)(H,20,21). The number of nitrogens with one attached hydrogen (secondary N) is 2.